The number of sulfonamides is 1. The fourth-order valence-electron chi connectivity index (χ4n) is 4.37. The number of nitrogens with zero attached hydrogens (tertiary/aromatic N) is 3. The summed E-state index contributed by atoms with van der Waals surface area (Å²) in [5.74, 6) is -0.470. The lowest BCUT2D eigenvalue weighted by atomic mass is 9.97. The van der Waals surface area contributed by atoms with Gasteiger partial charge in [-0.25, -0.2) is 13.1 Å². The van der Waals surface area contributed by atoms with Crippen LogP contribution in [0.3, 0.4) is 0 Å². The summed E-state index contributed by atoms with van der Waals surface area (Å²) in [7, 11) is -3.79. The lowest BCUT2D eigenvalue weighted by Crippen LogP contribution is -2.48. The SMILES string of the molecule is CC(C)(C)S(=O)(=O)NC(=O)c1ccc(N2CCN(C(=O)CCc3ccccc3-c3cncc(O)c3)CC2)cc1. The third-order valence-electron chi connectivity index (χ3n) is 6.82. The van der Waals surface area contributed by atoms with Crippen molar-refractivity contribution in [3.63, 3.8) is 0 Å². The molecule has 0 radical (unpaired) electrons. The molecular formula is C29H34N4O5S. The molecule has 4 rings (SSSR count). The van der Waals surface area contributed by atoms with Crippen LogP contribution >= 0.6 is 0 Å². The highest BCUT2D eigenvalue weighted by Gasteiger charge is 2.31. The van der Waals surface area contributed by atoms with Crippen molar-refractivity contribution < 1.29 is 23.1 Å². The maximum atomic E-state index is 13.0. The monoisotopic (exact) mass is 550 g/mol. The van der Waals surface area contributed by atoms with Crippen LogP contribution in [0.5, 0.6) is 5.75 Å². The van der Waals surface area contributed by atoms with Gasteiger partial charge in [-0.05, 0) is 68.7 Å². The van der Waals surface area contributed by atoms with Crippen molar-refractivity contribution in [2.75, 3.05) is 31.1 Å². The van der Waals surface area contributed by atoms with Gasteiger partial charge in [0.1, 0.15) is 5.75 Å². The maximum absolute atomic E-state index is 13.0. The first-order valence-corrected chi connectivity index (χ1v) is 14.3. The minimum atomic E-state index is -3.79. The molecule has 9 nitrogen and oxygen atoms in total. The number of nitrogens with one attached hydrogen (secondary N) is 1. The van der Waals surface area contributed by atoms with Gasteiger partial charge in [-0.2, -0.15) is 0 Å². The molecule has 1 fully saturated rings. The molecule has 1 saturated heterocycles. The minimum Gasteiger partial charge on any atom is -0.506 e. The van der Waals surface area contributed by atoms with Crippen molar-refractivity contribution in [1.82, 2.24) is 14.6 Å². The number of aromatic nitrogens is 1. The van der Waals surface area contributed by atoms with E-state index >= 15 is 0 Å². The van der Waals surface area contributed by atoms with Gasteiger partial charge in [0.2, 0.25) is 15.9 Å². The summed E-state index contributed by atoms with van der Waals surface area (Å²) in [6.07, 6.45) is 4.05. The van der Waals surface area contributed by atoms with Crippen LogP contribution in [0.1, 0.15) is 43.1 Å². The van der Waals surface area contributed by atoms with Crippen molar-refractivity contribution in [1.29, 1.82) is 0 Å². The molecule has 0 atom stereocenters. The first-order valence-electron chi connectivity index (χ1n) is 12.9. The van der Waals surface area contributed by atoms with Gasteiger partial charge < -0.3 is 14.9 Å². The second-order valence-electron chi connectivity index (χ2n) is 10.6. The molecular weight excluding hydrogens is 516 g/mol. The zero-order chi connectivity index (χ0) is 28.2. The van der Waals surface area contributed by atoms with Crippen LogP contribution in [-0.4, -0.2) is 66.1 Å². The predicted molar refractivity (Wildman–Crippen MR) is 151 cm³/mol. The van der Waals surface area contributed by atoms with Crippen LogP contribution in [0.2, 0.25) is 0 Å². The van der Waals surface area contributed by atoms with Crippen molar-refractivity contribution >= 4 is 27.5 Å². The number of aryl methyl sites for hydroxylation is 1. The van der Waals surface area contributed by atoms with Crippen LogP contribution in [0, 0.1) is 0 Å². The summed E-state index contributed by atoms with van der Waals surface area (Å²) in [5.41, 5.74) is 3.96. The lowest BCUT2D eigenvalue weighted by molar-refractivity contribution is -0.131. The number of hydrogen-bond acceptors (Lipinski definition) is 7. The standard InChI is InChI=1S/C29H34N4O5S/c1-29(2,3)39(37,38)31-28(36)22-8-11-24(12-9-22)32-14-16-33(17-15-32)27(35)13-10-21-6-4-5-7-26(21)23-18-25(34)20-30-19-23/h4-9,11-12,18-20,34H,10,13-17H2,1-3H3,(H,31,36). The quantitative estimate of drug-likeness (QED) is 0.461. The normalized spacial score (nSPS) is 14.2. The fourth-order valence-corrected chi connectivity index (χ4v) is 5.03. The number of benzene rings is 2. The summed E-state index contributed by atoms with van der Waals surface area (Å²) in [4.78, 5) is 33.5. The number of hydrogen-bond donors (Lipinski definition) is 2. The molecule has 0 aliphatic carbocycles. The van der Waals surface area contributed by atoms with Crippen LogP contribution in [0.4, 0.5) is 5.69 Å². The highest BCUT2D eigenvalue weighted by Crippen LogP contribution is 2.27. The van der Waals surface area contributed by atoms with E-state index in [-0.39, 0.29) is 17.2 Å². The Balaban J connectivity index is 1.31. The molecule has 1 aromatic heterocycles. The molecule has 2 N–H and O–H groups in total. The van der Waals surface area contributed by atoms with Crippen LogP contribution in [-0.2, 0) is 21.2 Å². The van der Waals surface area contributed by atoms with E-state index < -0.39 is 20.7 Å². The lowest BCUT2D eigenvalue weighted by Gasteiger charge is -2.36. The van der Waals surface area contributed by atoms with Crippen molar-refractivity contribution in [2.24, 2.45) is 0 Å². The van der Waals surface area contributed by atoms with Crippen LogP contribution in [0.15, 0.2) is 67.0 Å². The van der Waals surface area contributed by atoms with Crippen LogP contribution in [0.25, 0.3) is 11.1 Å². The Kier molecular flexibility index (Phi) is 8.25. The highest BCUT2D eigenvalue weighted by atomic mass is 32.2. The summed E-state index contributed by atoms with van der Waals surface area (Å²) in [6.45, 7) is 7.08. The molecule has 2 amide bonds. The van der Waals surface area contributed by atoms with E-state index in [0.717, 1.165) is 22.4 Å². The predicted octanol–water partition coefficient (Wildman–Crippen LogP) is 3.59. The summed E-state index contributed by atoms with van der Waals surface area (Å²) in [6, 6.07) is 16.3. The Hall–Kier alpha value is -3.92. The van der Waals surface area contributed by atoms with E-state index in [1.165, 1.54) is 27.0 Å². The largest absolute Gasteiger partial charge is 0.506 e. The fraction of sp³-hybridized carbons (Fsp3) is 0.345. The minimum absolute atomic E-state index is 0.0885. The summed E-state index contributed by atoms with van der Waals surface area (Å²) >= 11 is 0. The van der Waals surface area contributed by atoms with E-state index in [4.69, 9.17) is 0 Å². The maximum Gasteiger partial charge on any atom is 0.264 e. The Morgan fingerprint density at radius 1 is 0.974 bits per heavy atom. The van der Waals surface area contributed by atoms with Gasteiger partial charge in [-0.3, -0.25) is 14.6 Å². The first-order chi connectivity index (χ1) is 18.4. The highest BCUT2D eigenvalue weighted by molar-refractivity contribution is 7.91. The molecule has 0 saturated carbocycles. The number of carbonyl (C=O) groups is 2. The number of anilines is 1. The average molecular weight is 551 g/mol. The average Bonchev–Trinajstić information content (AvgIpc) is 2.91. The third kappa shape index (κ3) is 6.75. The van der Waals surface area contributed by atoms with Gasteiger partial charge in [-0.15, -0.1) is 0 Å². The molecule has 0 spiro atoms. The van der Waals surface area contributed by atoms with Crippen LogP contribution < -0.4 is 9.62 Å². The Bertz CT molecular complexity index is 1440. The molecule has 206 valence electrons. The number of piperazine rings is 1. The number of pyridine rings is 1. The summed E-state index contributed by atoms with van der Waals surface area (Å²) in [5, 5.41) is 9.80. The zero-order valence-corrected chi connectivity index (χ0v) is 23.2. The van der Waals surface area contributed by atoms with Gasteiger partial charge in [0, 0.05) is 55.6 Å². The second kappa shape index (κ2) is 11.4. The Labute approximate surface area is 229 Å². The number of carbonyl (C=O) groups excluding carboxylic acids is 2. The second-order valence-corrected chi connectivity index (χ2v) is 13.0. The van der Waals surface area contributed by atoms with Gasteiger partial charge in [0.25, 0.3) is 5.91 Å². The third-order valence-corrected chi connectivity index (χ3v) is 8.89. The van der Waals surface area contributed by atoms with Crippen molar-refractivity contribution in [3.8, 4) is 16.9 Å². The molecule has 0 bridgehead atoms. The molecule has 1 aliphatic heterocycles. The Morgan fingerprint density at radius 3 is 2.28 bits per heavy atom. The number of rotatable bonds is 7. The summed E-state index contributed by atoms with van der Waals surface area (Å²) < 4.78 is 25.6. The first kappa shape index (κ1) is 28.1. The van der Waals surface area contributed by atoms with E-state index in [0.29, 0.717) is 39.0 Å². The Morgan fingerprint density at radius 2 is 1.64 bits per heavy atom. The molecule has 2 aromatic carbocycles. The van der Waals surface area contributed by atoms with Crippen molar-refractivity contribution in [2.45, 2.75) is 38.4 Å². The number of aromatic hydroxyl groups is 1. The smallest absolute Gasteiger partial charge is 0.264 e. The van der Waals surface area contributed by atoms with Gasteiger partial charge >= 0.3 is 0 Å². The van der Waals surface area contributed by atoms with E-state index in [9.17, 15) is 23.1 Å². The topological polar surface area (TPSA) is 120 Å². The van der Waals surface area contributed by atoms with Gasteiger partial charge in [0.05, 0.1) is 10.9 Å². The molecule has 10 heteroatoms. The van der Waals surface area contributed by atoms with E-state index in [1.54, 1.807) is 36.5 Å². The van der Waals surface area contributed by atoms with E-state index in [2.05, 4.69) is 14.6 Å². The molecule has 2 heterocycles. The number of amides is 2. The molecule has 0 unspecified atom stereocenters. The van der Waals surface area contributed by atoms with Gasteiger partial charge in [-0.1, -0.05) is 24.3 Å². The molecule has 1 aliphatic rings. The van der Waals surface area contributed by atoms with E-state index in [1.807, 2.05) is 29.2 Å². The zero-order valence-electron chi connectivity index (χ0n) is 22.4. The molecule has 39 heavy (non-hydrogen) atoms. The van der Waals surface area contributed by atoms with Gasteiger partial charge in [0.15, 0.2) is 0 Å². The molecule has 3 aromatic rings. The van der Waals surface area contributed by atoms with Crippen molar-refractivity contribution in [3.05, 3.63) is 78.1 Å².